The third kappa shape index (κ3) is 8.66. The quantitative estimate of drug-likeness (QED) is 0.207. The van der Waals surface area contributed by atoms with E-state index in [1.54, 1.807) is 37.3 Å². The van der Waals surface area contributed by atoms with Gasteiger partial charge in [0.2, 0.25) is 11.8 Å². The van der Waals surface area contributed by atoms with Gasteiger partial charge in [-0.3, -0.25) is 13.9 Å². The molecule has 8 nitrogen and oxygen atoms in total. The van der Waals surface area contributed by atoms with E-state index in [2.05, 4.69) is 5.32 Å². The molecule has 0 saturated carbocycles. The van der Waals surface area contributed by atoms with Crippen molar-refractivity contribution in [3.05, 3.63) is 88.9 Å². The second-order valence-electron chi connectivity index (χ2n) is 9.93. The fourth-order valence-corrected chi connectivity index (χ4v) is 6.22. The molecular formula is C31H35ClF3N3O5S. The van der Waals surface area contributed by atoms with Crippen molar-refractivity contribution in [3.63, 3.8) is 0 Å². The molecule has 0 bridgehead atoms. The number of unbranched alkanes of at least 4 members (excludes halogenated alkanes) is 1. The van der Waals surface area contributed by atoms with Gasteiger partial charge in [-0.25, -0.2) is 8.42 Å². The number of nitrogens with zero attached hydrogens (tertiary/aromatic N) is 2. The van der Waals surface area contributed by atoms with Gasteiger partial charge in [0.05, 0.1) is 28.3 Å². The number of alkyl halides is 3. The SMILES string of the molecule is CCCCNC(=O)[C@@H](CC)N(Cc1cccc(OC)c1)C(=O)CN(c1cc(C(F)(F)F)ccc1Cl)S(=O)(=O)c1ccccc1. The molecule has 238 valence electrons. The van der Waals surface area contributed by atoms with Crippen LogP contribution in [0.15, 0.2) is 77.7 Å². The lowest BCUT2D eigenvalue weighted by Gasteiger charge is -2.33. The number of benzene rings is 3. The maximum Gasteiger partial charge on any atom is 0.416 e. The third-order valence-corrected chi connectivity index (χ3v) is 8.95. The van der Waals surface area contributed by atoms with Gasteiger partial charge in [-0.1, -0.05) is 62.2 Å². The Morgan fingerprint density at radius 3 is 2.32 bits per heavy atom. The summed E-state index contributed by atoms with van der Waals surface area (Å²) >= 11 is 6.30. The first-order chi connectivity index (χ1) is 20.8. The van der Waals surface area contributed by atoms with Crippen LogP contribution in [0.25, 0.3) is 0 Å². The van der Waals surface area contributed by atoms with Gasteiger partial charge in [0, 0.05) is 13.1 Å². The van der Waals surface area contributed by atoms with Crippen LogP contribution in [-0.4, -0.2) is 51.4 Å². The lowest BCUT2D eigenvalue weighted by atomic mass is 10.1. The molecule has 0 fully saturated rings. The van der Waals surface area contributed by atoms with Crippen LogP contribution in [0, 0.1) is 0 Å². The van der Waals surface area contributed by atoms with Gasteiger partial charge in [0.1, 0.15) is 18.3 Å². The second kappa shape index (κ2) is 15.3. The van der Waals surface area contributed by atoms with E-state index in [0.29, 0.717) is 34.7 Å². The Morgan fingerprint density at radius 1 is 1.00 bits per heavy atom. The first-order valence-corrected chi connectivity index (χ1v) is 15.8. The minimum atomic E-state index is -4.81. The summed E-state index contributed by atoms with van der Waals surface area (Å²) in [6.45, 7) is 3.01. The largest absolute Gasteiger partial charge is 0.497 e. The maximum absolute atomic E-state index is 14.1. The van der Waals surface area contributed by atoms with Crippen molar-refractivity contribution in [2.75, 3.05) is 24.5 Å². The number of hydrogen-bond acceptors (Lipinski definition) is 5. The maximum atomic E-state index is 14.1. The van der Waals surface area contributed by atoms with Gasteiger partial charge in [-0.15, -0.1) is 0 Å². The number of amides is 2. The van der Waals surface area contributed by atoms with E-state index >= 15 is 0 Å². The topological polar surface area (TPSA) is 96.0 Å². The minimum absolute atomic E-state index is 0.106. The smallest absolute Gasteiger partial charge is 0.416 e. The Kier molecular flexibility index (Phi) is 12.1. The third-order valence-electron chi connectivity index (χ3n) is 6.85. The number of ether oxygens (including phenoxy) is 1. The molecule has 0 aliphatic rings. The average molecular weight is 654 g/mol. The van der Waals surface area contributed by atoms with Crippen LogP contribution >= 0.6 is 11.6 Å². The molecule has 3 aromatic rings. The molecule has 0 aliphatic carbocycles. The van der Waals surface area contributed by atoms with Crippen LogP contribution in [0.5, 0.6) is 5.75 Å². The summed E-state index contributed by atoms with van der Waals surface area (Å²) < 4.78 is 74.8. The highest BCUT2D eigenvalue weighted by Crippen LogP contribution is 2.37. The standard InChI is InChI=1S/C31H35ClF3N3O5S/c1-4-6-17-36-30(40)27(5-2)37(20-22-11-10-12-24(18-22)43-3)29(39)21-38(44(41,42)25-13-8-7-9-14-25)28-19-23(31(33,34)35)15-16-26(28)32/h7-16,18-19,27H,4-6,17,20-21H2,1-3H3,(H,36,40)/t27-/m1/s1. The highest BCUT2D eigenvalue weighted by molar-refractivity contribution is 7.92. The Morgan fingerprint density at radius 2 is 1.70 bits per heavy atom. The lowest BCUT2D eigenvalue weighted by molar-refractivity contribution is -0.140. The van der Waals surface area contributed by atoms with E-state index in [0.717, 1.165) is 18.6 Å². The van der Waals surface area contributed by atoms with E-state index in [-0.39, 0.29) is 22.9 Å². The van der Waals surface area contributed by atoms with Crippen LogP contribution in [0.3, 0.4) is 0 Å². The number of sulfonamides is 1. The Labute approximate surface area is 260 Å². The summed E-state index contributed by atoms with van der Waals surface area (Å²) in [7, 11) is -3.13. The molecule has 0 aliphatic heterocycles. The number of anilines is 1. The highest BCUT2D eigenvalue weighted by atomic mass is 35.5. The predicted octanol–water partition coefficient (Wildman–Crippen LogP) is 6.29. The van der Waals surface area contributed by atoms with Crippen molar-refractivity contribution in [1.82, 2.24) is 10.2 Å². The van der Waals surface area contributed by atoms with Crippen LogP contribution in [0.1, 0.15) is 44.2 Å². The van der Waals surface area contributed by atoms with E-state index in [4.69, 9.17) is 16.3 Å². The van der Waals surface area contributed by atoms with Crippen molar-refractivity contribution >= 4 is 39.1 Å². The number of hydrogen-bond donors (Lipinski definition) is 1. The van der Waals surface area contributed by atoms with Crippen LogP contribution in [0.2, 0.25) is 5.02 Å². The summed E-state index contributed by atoms with van der Waals surface area (Å²) in [6.07, 6.45) is -3.09. The molecule has 44 heavy (non-hydrogen) atoms. The molecule has 0 saturated heterocycles. The molecule has 1 N–H and O–H groups in total. The number of halogens is 4. The molecule has 0 aromatic heterocycles. The van der Waals surface area contributed by atoms with Crippen molar-refractivity contribution in [1.29, 1.82) is 0 Å². The van der Waals surface area contributed by atoms with Gasteiger partial charge < -0.3 is 15.0 Å². The second-order valence-corrected chi connectivity index (χ2v) is 12.2. The number of carbonyl (C=O) groups is 2. The van der Waals surface area contributed by atoms with Crippen LogP contribution in [-0.2, 0) is 32.3 Å². The average Bonchev–Trinajstić information content (AvgIpc) is 3.00. The number of methoxy groups -OCH3 is 1. The summed E-state index contributed by atoms with van der Waals surface area (Å²) in [5, 5.41) is 2.51. The van der Waals surface area contributed by atoms with Gasteiger partial charge in [0.25, 0.3) is 10.0 Å². The van der Waals surface area contributed by atoms with Crippen molar-refractivity contribution in [2.45, 2.75) is 56.8 Å². The normalized spacial score (nSPS) is 12.3. The first-order valence-electron chi connectivity index (χ1n) is 14.0. The van der Waals surface area contributed by atoms with E-state index in [1.165, 1.54) is 36.3 Å². The summed E-state index contributed by atoms with van der Waals surface area (Å²) in [5.41, 5.74) is -1.08. The summed E-state index contributed by atoms with van der Waals surface area (Å²) in [6, 6.07) is 15.0. The number of carbonyl (C=O) groups excluding carboxylic acids is 2. The van der Waals surface area contributed by atoms with E-state index in [1.807, 2.05) is 6.92 Å². The van der Waals surface area contributed by atoms with Gasteiger partial charge >= 0.3 is 6.18 Å². The van der Waals surface area contributed by atoms with Crippen molar-refractivity contribution in [2.24, 2.45) is 0 Å². The monoisotopic (exact) mass is 653 g/mol. The Hall–Kier alpha value is -3.77. The van der Waals surface area contributed by atoms with Crippen molar-refractivity contribution < 1.29 is 35.9 Å². The molecule has 2 amide bonds. The van der Waals surface area contributed by atoms with Crippen molar-refractivity contribution in [3.8, 4) is 5.75 Å². The molecule has 0 spiro atoms. The minimum Gasteiger partial charge on any atom is -0.497 e. The molecule has 0 heterocycles. The van der Waals surface area contributed by atoms with Gasteiger partial charge in [-0.2, -0.15) is 13.2 Å². The highest BCUT2D eigenvalue weighted by Gasteiger charge is 2.37. The Balaban J connectivity index is 2.14. The van der Waals surface area contributed by atoms with Crippen LogP contribution in [0.4, 0.5) is 18.9 Å². The lowest BCUT2D eigenvalue weighted by Crippen LogP contribution is -2.52. The molecule has 13 heteroatoms. The van der Waals surface area contributed by atoms with Crippen LogP contribution < -0.4 is 14.4 Å². The van der Waals surface area contributed by atoms with E-state index < -0.39 is 51.9 Å². The molecular weight excluding hydrogens is 619 g/mol. The molecule has 3 aromatic carbocycles. The zero-order chi connectivity index (χ0) is 32.5. The zero-order valence-corrected chi connectivity index (χ0v) is 26.2. The van der Waals surface area contributed by atoms with E-state index in [9.17, 15) is 31.2 Å². The number of rotatable bonds is 14. The molecule has 0 unspecified atom stereocenters. The summed E-state index contributed by atoms with van der Waals surface area (Å²) in [4.78, 5) is 28.4. The molecule has 3 rings (SSSR count). The Bertz CT molecular complexity index is 1540. The van der Waals surface area contributed by atoms with Gasteiger partial charge in [-0.05, 0) is 60.9 Å². The summed E-state index contributed by atoms with van der Waals surface area (Å²) in [5.74, 6) is -0.760. The first kappa shape index (κ1) is 34.7. The molecule has 1 atom stereocenters. The number of nitrogens with one attached hydrogen (secondary N) is 1. The van der Waals surface area contributed by atoms with Gasteiger partial charge in [0.15, 0.2) is 0 Å². The predicted molar refractivity (Wildman–Crippen MR) is 163 cm³/mol. The zero-order valence-electron chi connectivity index (χ0n) is 24.6. The fourth-order valence-electron chi connectivity index (χ4n) is 4.51. The molecule has 0 radical (unpaired) electrons. The fraction of sp³-hybridized carbons (Fsp3) is 0.355.